The van der Waals surface area contributed by atoms with E-state index in [4.69, 9.17) is 15.2 Å². The van der Waals surface area contributed by atoms with E-state index < -0.39 is 0 Å². The van der Waals surface area contributed by atoms with Crippen molar-refractivity contribution in [2.45, 2.75) is 46.3 Å². The number of halogens is 1. The van der Waals surface area contributed by atoms with Crippen LogP contribution in [0.4, 0.5) is 0 Å². The number of hydrogen-bond acceptors (Lipinski definition) is 3. The number of hydrogen-bond donors (Lipinski definition) is 1. The van der Waals surface area contributed by atoms with Gasteiger partial charge in [0.1, 0.15) is 0 Å². The molecule has 0 aliphatic rings. The van der Waals surface area contributed by atoms with E-state index in [1.54, 1.807) is 0 Å². The smallest absolute Gasteiger partial charge is 0.175 e. The van der Waals surface area contributed by atoms with E-state index in [0.29, 0.717) is 13.2 Å². The van der Waals surface area contributed by atoms with E-state index in [2.05, 4.69) is 29.8 Å². The minimum atomic E-state index is 0.175. The van der Waals surface area contributed by atoms with Crippen LogP contribution in [0.5, 0.6) is 11.5 Å². The van der Waals surface area contributed by atoms with Crippen molar-refractivity contribution in [3.8, 4) is 11.5 Å². The van der Waals surface area contributed by atoms with Gasteiger partial charge in [0, 0.05) is 6.54 Å². The first kappa shape index (κ1) is 15.3. The van der Waals surface area contributed by atoms with E-state index in [0.717, 1.165) is 34.4 Å². The molecule has 0 aliphatic carbocycles. The van der Waals surface area contributed by atoms with Crippen LogP contribution >= 0.6 is 15.9 Å². The third-order valence-electron chi connectivity index (χ3n) is 2.62. The first-order chi connectivity index (χ1) is 8.62. The van der Waals surface area contributed by atoms with Crippen molar-refractivity contribution in [2.75, 3.05) is 6.61 Å². The average molecular weight is 316 g/mol. The van der Waals surface area contributed by atoms with Crippen LogP contribution in [0, 0.1) is 0 Å². The maximum absolute atomic E-state index is 5.96. The first-order valence-corrected chi connectivity index (χ1v) is 7.23. The molecule has 0 fully saturated rings. The van der Waals surface area contributed by atoms with Crippen LogP contribution in [0.25, 0.3) is 0 Å². The maximum Gasteiger partial charge on any atom is 0.175 e. The molecule has 1 aromatic carbocycles. The molecule has 18 heavy (non-hydrogen) atoms. The lowest BCUT2D eigenvalue weighted by molar-refractivity contribution is 0.195. The number of ether oxygens (including phenoxy) is 2. The lowest BCUT2D eigenvalue weighted by Gasteiger charge is -2.19. The Labute approximate surface area is 118 Å². The summed E-state index contributed by atoms with van der Waals surface area (Å²) in [6, 6.07) is 3.93. The minimum Gasteiger partial charge on any atom is -0.490 e. The van der Waals surface area contributed by atoms with Gasteiger partial charge in [0.25, 0.3) is 0 Å². The molecule has 102 valence electrons. The van der Waals surface area contributed by atoms with Gasteiger partial charge >= 0.3 is 0 Å². The molecular formula is C14H22BrNO2. The monoisotopic (exact) mass is 315 g/mol. The second-order valence-electron chi connectivity index (χ2n) is 4.26. The molecule has 0 saturated carbocycles. The summed E-state index contributed by atoms with van der Waals surface area (Å²) in [5.41, 5.74) is 6.69. The Bertz CT molecular complexity index is 382. The molecule has 3 nitrogen and oxygen atoms in total. The van der Waals surface area contributed by atoms with Crippen molar-refractivity contribution in [2.24, 2.45) is 5.73 Å². The molecule has 0 heterocycles. The van der Waals surface area contributed by atoms with Gasteiger partial charge in [0.15, 0.2) is 11.5 Å². The molecule has 0 saturated heterocycles. The number of rotatable bonds is 7. The SMILES string of the molecule is CCCC(C)Oc1c(Br)cc(CN)cc1OCC. The molecule has 0 aliphatic heterocycles. The molecular weight excluding hydrogens is 294 g/mol. The van der Waals surface area contributed by atoms with Gasteiger partial charge in [-0.3, -0.25) is 0 Å². The van der Waals surface area contributed by atoms with Gasteiger partial charge in [0.2, 0.25) is 0 Å². The summed E-state index contributed by atoms with van der Waals surface area (Å²) in [5.74, 6) is 1.53. The van der Waals surface area contributed by atoms with E-state index in [1.165, 1.54) is 0 Å². The summed E-state index contributed by atoms with van der Waals surface area (Å²) >= 11 is 3.53. The molecule has 1 aromatic rings. The van der Waals surface area contributed by atoms with E-state index in [1.807, 2.05) is 19.1 Å². The first-order valence-electron chi connectivity index (χ1n) is 6.44. The van der Waals surface area contributed by atoms with Crippen molar-refractivity contribution >= 4 is 15.9 Å². The number of benzene rings is 1. The summed E-state index contributed by atoms with van der Waals surface area (Å²) in [4.78, 5) is 0. The van der Waals surface area contributed by atoms with Gasteiger partial charge in [-0.15, -0.1) is 0 Å². The summed E-state index contributed by atoms with van der Waals surface area (Å²) in [6.45, 7) is 7.28. The topological polar surface area (TPSA) is 44.5 Å². The van der Waals surface area contributed by atoms with Crippen LogP contribution < -0.4 is 15.2 Å². The quantitative estimate of drug-likeness (QED) is 0.830. The predicted molar refractivity (Wildman–Crippen MR) is 78.2 cm³/mol. The van der Waals surface area contributed by atoms with Crippen LogP contribution in [-0.2, 0) is 6.54 Å². The van der Waals surface area contributed by atoms with Gasteiger partial charge < -0.3 is 15.2 Å². The molecule has 1 atom stereocenters. The zero-order chi connectivity index (χ0) is 13.5. The highest BCUT2D eigenvalue weighted by Gasteiger charge is 2.14. The van der Waals surface area contributed by atoms with Crippen molar-refractivity contribution in [3.63, 3.8) is 0 Å². The summed E-state index contributed by atoms with van der Waals surface area (Å²) < 4.78 is 12.5. The van der Waals surface area contributed by atoms with Crippen LogP contribution in [0.2, 0.25) is 0 Å². The van der Waals surface area contributed by atoms with Crippen molar-refractivity contribution < 1.29 is 9.47 Å². The number of nitrogens with two attached hydrogens (primary N) is 1. The Kier molecular flexibility index (Phi) is 6.50. The van der Waals surface area contributed by atoms with Gasteiger partial charge in [-0.05, 0) is 53.9 Å². The summed E-state index contributed by atoms with van der Waals surface area (Å²) in [7, 11) is 0. The summed E-state index contributed by atoms with van der Waals surface area (Å²) in [6.07, 6.45) is 2.30. The Morgan fingerprint density at radius 2 is 2.06 bits per heavy atom. The van der Waals surface area contributed by atoms with Crippen LogP contribution in [-0.4, -0.2) is 12.7 Å². The van der Waals surface area contributed by atoms with Gasteiger partial charge in [-0.25, -0.2) is 0 Å². The third kappa shape index (κ3) is 4.18. The second-order valence-corrected chi connectivity index (χ2v) is 5.11. The Hall–Kier alpha value is -0.740. The van der Waals surface area contributed by atoms with E-state index in [9.17, 15) is 0 Å². The van der Waals surface area contributed by atoms with E-state index in [-0.39, 0.29) is 6.10 Å². The fourth-order valence-corrected chi connectivity index (χ4v) is 2.37. The van der Waals surface area contributed by atoms with Gasteiger partial charge in [0.05, 0.1) is 17.2 Å². The van der Waals surface area contributed by atoms with Gasteiger partial charge in [-0.2, -0.15) is 0 Å². The van der Waals surface area contributed by atoms with Crippen LogP contribution in [0.15, 0.2) is 16.6 Å². The predicted octanol–water partition coefficient (Wildman–Crippen LogP) is 3.87. The molecule has 1 rings (SSSR count). The third-order valence-corrected chi connectivity index (χ3v) is 3.21. The fraction of sp³-hybridized carbons (Fsp3) is 0.571. The minimum absolute atomic E-state index is 0.175. The highest BCUT2D eigenvalue weighted by atomic mass is 79.9. The highest BCUT2D eigenvalue weighted by molar-refractivity contribution is 9.10. The lowest BCUT2D eigenvalue weighted by Crippen LogP contribution is -2.13. The average Bonchev–Trinajstić information content (AvgIpc) is 2.33. The lowest BCUT2D eigenvalue weighted by atomic mass is 10.2. The molecule has 4 heteroatoms. The largest absolute Gasteiger partial charge is 0.490 e. The molecule has 1 unspecified atom stereocenters. The molecule has 0 spiro atoms. The molecule has 2 N–H and O–H groups in total. The van der Waals surface area contributed by atoms with Crippen molar-refractivity contribution in [1.82, 2.24) is 0 Å². The Morgan fingerprint density at radius 1 is 1.33 bits per heavy atom. The normalized spacial score (nSPS) is 12.3. The zero-order valence-corrected chi connectivity index (χ0v) is 12.9. The Balaban J connectivity index is 2.99. The van der Waals surface area contributed by atoms with Crippen molar-refractivity contribution in [1.29, 1.82) is 0 Å². The molecule has 0 amide bonds. The molecule has 0 bridgehead atoms. The molecule has 0 radical (unpaired) electrons. The second kappa shape index (κ2) is 7.64. The molecule has 0 aromatic heterocycles. The standard InChI is InChI=1S/C14H22BrNO2/c1-4-6-10(3)18-14-12(15)7-11(9-16)8-13(14)17-5-2/h7-8,10H,4-6,9,16H2,1-3H3. The highest BCUT2D eigenvalue weighted by Crippen LogP contribution is 2.37. The van der Waals surface area contributed by atoms with Crippen LogP contribution in [0.1, 0.15) is 39.2 Å². The summed E-state index contributed by atoms with van der Waals surface area (Å²) in [5, 5.41) is 0. The zero-order valence-electron chi connectivity index (χ0n) is 11.3. The van der Waals surface area contributed by atoms with Crippen molar-refractivity contribution in [3.05, 3.63) is 22.2 Å². The van der Waals surface area contributed by atoms with Crippen LogP contribution in [0.3, 0.4) is 0 Å². The van der Waals surface area contributed by atoms with Gasteiger partial charge in [-0.1, -0.05) is 13.3 Å². The maximum atomic E-state index is 5.96. The Morgan fingerprint density at radius 3 is 2.61 bits per heavy atom. The fourth-order valence-electron chi connectivity index (χ4n) is 1.78. The van der Waals surface area contributed by atoms with E-state index >= 15 is 0 Å².